The molecular formula is C20H20N4O4S3. The Morgan fingerprint density at radius 3 is 2.71 bits per heavy atom. The van der Waals surface area contributed by atoms with Gasteiger partial charge in [-0.15, -0.1) is 10.2 Å². The van der Waals surface area contributed by atoms with Crippen molar-refractivity contribution in [3.05, 3.63) is 60.2 Å². The fourth-order valence-corrected chi connectivity index (χ4v) is 5.82. The minimum absolute atomic E-state index is 0.0753. The van der Waals surface area contributed by atoms with Gasteiger partial charge in [0.2, 0.25) is 15.2 Å². The van der Waals surface area contributed by atoms with E-state index in [1.54, 1.807) is 31.2 Å². The van der Waals surface area contributed by atoms with Gasteiger partial charge in [-0.3, -0.25) is 14.4 Å². The second-order valence-electron chi connectivity index (χ2n) is 6.64. The van der Waals surface area contributed by atoms with Gasteiger partial charge >= 0.3 is 0 Å². The zero-order valence-corrected chi connectivity index (χ0v) is 19.0. The van der Waals surface area contributed by atoms with Gasteiger partial charge in [0, 0.05) is 5.75 Å². The van der Waals surface area contributed by atoms with Crippen molar-refractivity contribution in [1.82, 2.24) is 10.2 Å². The summed E-state index contributed by atoms with van der Waals surface area (Å²) in [5, 5.41) is 11.2. The van der Waals surface area contributed by atoms with Crippen LogP contribution in [0.5, 0.6) is 5.75 Å². The van der Waals surface area contributed by atoms with Gasteiger partial charge < -0.3 is 4.74 Å². The first-order valence-electron chi connectivity index (χ1n) is 9.53. The number of aromatic nitrogens is 2. The SMILES string of the molecule is CCS(=O)(=O)N1C[C@H](C(=O)Nc2nnc(SCc3ccccc3)s2)Oc2ccccc21. The third-order valence-corrected chi connectivity index (χ3v) is 8.36. The van der Waals surface area contributed by atoms with Crippen molar-refractivity contribution in [2.45, 2.75) is 23.1 Å². The molecule has 0 saturated carbocycles. The van der Waals surface area contributed by atoms with E-state index in [1.807, 2.05) is 30.3 Å². The third kappa shape index (κ3) is 5.00. The Kier molecular flexibility index (Phi) is 6.44. The maximum atomic E-state index is 12.8. The zero-order valence-electron chi connectivity index (χ0n) is 16.6. The van der Waals surface area contributed by atoms with E-state index in [0.29, 0.717) is 16.6 Å². The molecule has 2 heterocycles. The number of nitrogens with one attached hydrogen (secondary N) is 1. The summed E-state index contributed by atoms with van der Waals surface area (Å²) in [6.07, 6.45) is -0.999. The summed E-state index contributed by atoms with van der Waals surface area (Å²) in [7, 11) is -3.56. The molecule has 1 aliphatic rings. The first-order valence-corrected chi connectivity index (χ1v) is 12.9. The van der Waals surface area contributed by atoms with Crippen LogP contribution in [0, 0.1) is 0 Å². The number of sulfonamides is 1. The number of para-hydroxylation sites is 2. The van der Waals surface area contributed by atoms with Gasteiger partial charge in [0.1, 0.15) is 5.75 Å². The van der Waals surface area contributed by atoms with Crippen molar-refractivity contribution >= 4 is 49.8 Å². The molecule has 2 aromatic carbocycles. The minimum atomic E-state index is -3.56. The van der Waals surface area contributed by atoms with Crippen LogP contribution in [0.4, 0.5) is 10.8 Å². The van der Waals surface area contributed by atoms with Gasteiger partial charge in [0.25, 0.3) is 5.91 Å². The van der Waals surface area contributed by atoms with E-state index >= 15 is 0 Å². The molecule has 11 heteroatoms. The molecule has 1 aliphatic heterocycles. The van der Waals surface area contributed by atoms with E-state index in [-0.39, 0.29) is 12.3 Å². The number of fused-ring (bicyclic) bond motifs is 1. The Labute approximate surface area is 188 Å². The molecule has 1 amide bonds. The standard InChI is InChI=1S/C20H20N4O4S3/c1-2-31(26,27)24-12-17(28-16-11-7-6-10-15(16)24)18(25)21-19-22-23-20(30-19)29-13-14-8-4-3-5-9-14/h3-11,17H,2,12-13H2,1H3,(H,21,22,25)/t17-/m1/s1. The molecule has 4 rings (SSSR count). The van der Waals surface area contributed by atoms with Gasteiger partial charge in [0.05, 0.1) is 18.0 Å². The fourth-order valence-electron chi connectivity index (χ4n) is 2.98. The Morgan fingerprint density at radius 1 is 1.19 bits per heavy atom. The lowest BCUT2D eigenvalue weighted by Gasteiger charge is -2.34. The van der Waals surface area contributed by atoms with Crippen LogP contribution in [0.15, 0.2) is 58.9 Å². The molecule has 1 N–H and O–H groups in total. The first-order chi connectivity index (χ1) is 15.0. The second-order valence-corrected chi connectivity index (χ2v) is 11.0. The molecule has 1 atom stereocenters. The highest BCUT2D eigenvalue weighted by molar-refractivity contribution is 8.00. The lowest BCUT2D eigenvalue weighted by molar-refractivity contribution is -0.122. The molecule has 31 heavy (non-hydrogen) atoms. The van der Waals surface area contributed by atoms with Crippen molar-refractivity contribution in [2.75, 3.05) is 21.9 Å². The smallest absolute Gasteiger partial charge is 0.269 e. The maximum absolute atomic E-state index is 12.8. The summed E-state index contributed by atoms with van der Waals surface area (Å²) < 4.78 is 32.8. The van der Waals surface area contributed by atoms with E-state index in [1.165, 1.54) is 33.0 Å². The van der Waals surface area contributed by atoms with Crippen LogP contribution < -0.4 is 14.4 Å². The van der Waals surface area contributed by atoms with Crippen LogP contribution in [-0.2, 0) is 20.6 Å². The number of ether oxygens (including phenoxy) is 1. The van der Waals surface area contributed by atoms with E-state index < -0.39 is 22.0 Å². The molecule has 0 spiro atoms. The second kappa shape index (κ2) is 9.25. The summed E-state index contributed by atoms with van der Waals surface area (Å²) in [5.74, 6) is 0.549. The van der Waals surface area contributed by atoms with E-state index in [2.05, 4.69) is 15.5 Å². The van der Waals surface area contributed by atoms with Gasteiger partial charge in [-0.1, -0.05) is 65.6 Å². The fraction of sp³-hybridized carbons (Fsp3) is 0.250. The lowest BCUT2D eigenvalue weighted by Crippen LogP contribution is -2.49. The number of hydrogen-bond acceptors (Lipinski definition) is 8. The Bertz CT molecular complexity index is 1170. The highest BCUT2D eigenvalue weighted by Crippen LogP contribution is 2.35. The number of benzene rings is 2. The number of carbonyl (C=O) groups is 1. The summed E-state index contributed by atoms with van der Waals surface area (Å²) >= 11 is 2.79. The van der Waals surface area contributed by atoms with Crippen molar-refractivity contribution in [2.24, 2.45) is 0 Å². The number of hydrogen-bond donors (Lipinski definition) is 1. The van der Waals surface area contributed by atoms with Crippen LogP contribution >= 0.6 is 23.1 Å². The predicted molar refractivity (Wildman–Crippen MR) is 122 cm³/mol. The van der Waals surface area contributed by atoms with Crippen molar-refractivity contribution in [3.8, 4) is 5.75 Å². The monoisotopic (exact) mass is 476 g/mol. The average Bonchev–Trinajstić information content (AvgIpc) is 3.24. The summed E-state index contributed by atoms with van der Waals surface area (Å²) in [6.45, 7) is 1.46. The van der Waals surface area contributed by atoms with Crippen molar-refractivity contribution < 1.29 is 17.9 Å². The number of thioether (sulfide) groups is 1. The maximum Gasteiger partial charge on any atom is 0.269 e. The third-order valence-electron chi connectivity index (χ3n) is 4.57. The normalized spacial score (nSPS) is 15.8. The summed E-state index contributed by atoms with van der Waals surface area (Å²) in [6, 6.07) is 16.8. The van der Waals surface area contributed by atoms with E-state index in [4.69, 9.17) is 4.74 Å². The molecular weight excluding hydrogens is 456 g/mol. The molecule has 0 saturated heterocycles. The lowest BCUT2D eigenvalue weighted by atomic mass is 10.2. The number of nitrogens with zero attached hydrogens (tertiary/aromatic N) is 3. The molecule has 0 fully saturated rings. The van der Waals surface area contributed by atoms with Crippen molar-refractivity contribution in [3.63, 3.8) is 0 Å². The van der Waals surface area contributed by atoms with Crippen LogP contribution in [0.2, 0.25) is 0 Å². The van der Waals surface area contributed by atoms with Gasteiger partial charge in [-0.05, 0) is 24.6 Å². The summed E-state index contributed by atoms with van der Waals surface area (Å²) in [4.78, 5) is 12.8. The summed E-state index contributed by atoms with van der Waals surface area (Å²) in [5.41, 5.74) is 1.60. The molecule has 0 aliphatic carbocycles. The topological polar surface area (TPSA) is 101 Å². The molecule has 1 aromatic heterocycles. The molecule has 3 aromatic rings. The van der Waals surface area contributed by atoms with Crippen LogP contribution in [0.25, 0.3) is 0 Å². The van der Waals surface area contributed by atoms with Crippen molar-refractivity contribution in [1.29, 1.82) is 0 Å². The van der Waals surface area contributed by atoms with Gasteiger partial charge in [-0.25, -0.2) is 8.42 Å². The Morgan fingerprint density at radius 2 is 1.94 bits per heavy atom. The van der Waals surface area contributed by atoms with Gasteiger partial charge in [0.15, 0.2) is 10.4 Å². The number of carbonyl (C=O) groups excluding carboxylic acids is 1. The highest BCUT2D eigenvalue weighted by atomic mass is 32.2. The van der Waals surface area contributed by atoms with Gasteiger partial charge in [-0.2, -0.15) is 0 Å². The number of amides is 1. The van der Waals surface area contributed by atoms with Crippen LogP contribution in [0.3, 0.4) is 0 Å². The molecule has 0 bridgehead atoms. The average molecular weight is 477 g/mol. The molecule has 8 nitrogen and oxygen atoms in total. The molecule has 0 radical (unpaired) electrons. The van der Waals surface area contributed by atoms with Crippen LogP contribution in [-0.4, -0.2) is 42.9 Å². The Hall–Kier alpha value is -2.63. The Balaban J connectivity index is 1.44. The minimum Gasteiger partial charge on any atom is -0.476 e. The quantitative estimate of drug-likeness (QED) is 0.412. The largest absolute Gasteiger partial charge is 0.476 e. The molecule has 162 valence electrons. The van der Waals surface area contributed by atoms with E-state index in [9.17, 15) is 13.2 Å². The molecule has 0 unspecified atom stereocenters. The van der Waals surface area contributed by atoms with E-state index in [0.717, 1.165) is 10.1 Å². The van der Waals surface area contributed by atoms with Crippen LogP contribution in [0.1, 0.15) is 12.5 Å². The number of rotatable bonds is 7. The number of anilines is 2. The zero-order chi connectivity index (χ0) is 21.8. The predicted octanol–water partition coefficient (Wildman–Crippen LogP) is 3.39. The highest BCUT2D eigenvalue weighted by Gasteiger charge is 2.36. The first kappa shape index (κ1) is 21.6.